The maximum Gasteiger partial charge on any atom is 0.255 e. The van der Waals surface area contributed by atoms with Crippen molar-refractivity contribution in [2.75, 3.05) is 13.2 Å². The van der Waals surface area contributed by atoms with E-state index in [-0.39, 0.29) is 17.2 Å². The first-order valence-corrected chi connectivity index (χ1v) is 9.80. The molecule has 7 heteroatoms. The fraction of sp³-hybridized carbons (Fsp3) is 0.217. The van der Waals surface area contributed by atoms with Crippen molar-refractivity contribution in [3.63, 3.8) is 0 Å². The van der Waals surface area contributed by atoms with E-state index in [1.807, 2.05) is 48.8 Å². The number of benzene rings is 2. The molecule has 0 bridgehead atoms. The van der Waals surface area contributed by atoms with E-state index in [1.165, 1.54) is 11.6 Å². The van der Waals surface area contributed by atoms with E-state index in [9.17, 15) is 19.8 Å². The number of aromatic hydroxyl groups is 1. The van der Waals surface area contributed by atoms with Crippen LogP contribution in [0, 0.1) is 0 Å². The van der Waals surface area contributed by atoms with Crippen molar-refractivity contribution >= 4 is 11.8 Å². The van der Waals surface area contributed by atoms with Crippen molar-refractivity contribution in [2.24, 2.45) is 0 Å². The lowest BCUT2D eigenvalue weighted by Gasteiger charge is -2.31. The Bertz CT molecular complexity index is 1060. The second kappa shape index (κ2) is 8.42. The minimum Gasteiger partial charge on any atom is -0.507 e. The molecule has 0 fully saturated rings. The molecular formula is C23H23N3O4. The number of hydrogen-bond donors (Lipinski definition) is 3. The summed E-state index contributed by atoms with van der Waals surface area (Å²) in [6.07, 6.45) is 4.37. The van der Waals surface area contributed by atoms with Crippen LogP contribution in [0.15, 0.2) is 67.0 Å². The number of carbonyl (C=O) groups excluding carboxylic acids is 2. The van der Waals surface area contributed by atoms with Crippen molar-refractivity contribution in [1.82, 2.24) is 14.8 Å². The Hall–Kier alpha value is -3.58. The summed E-state index contributed by atoms with van der Waals surface area (Å²) in [4.78, 5) is 27.3. The standard InChI is InChI=1S/C23H23N3O4/c27-15-20(23(30)26-12-9-16-5-1-2-6-17(16)14-26)24-22(29)19-13-18(7-8-21(19)28)25-10-3-4-11-25/h1-8,10-11,13,20,27-28H,9,12,14-15H2,(H,24,29)/t20-/m0/s1. The predicted octanol–water partition coefficient (Wildman–Crippen LogP) is 1.86. The molecule has 0 spiro atoms. The highest BCUT2D eigenvalue weighted by Gasteiger charge is 2.29. The molecule has 1 aliphatic heterocycles. The van der Waals surface area contributed by atoms with Gasteiger partial charge in [0.15, 0.2) is 0 Å². The SMILES string of the molecule is O=C(N[C@@H](CO)C(=O)N1CCc2ccccc2C1)c1cc(-n2cccc2)ccc1O. The van der Waals surface area contributed by atoms with Gasteiger partial charge in [0, 0.05) is 31.2 Å². The zero-order valence-corrected chi connectivity index (χ0v) is 16.4. The van der Waals surface area contributed by atoms with Gasteiger partial charge < -0.3 is 25.0 Å². The monoisotopic (exact) mass is 405 g/mol. The number of aromatic nitrogens is 1. The molecule has 7 nitrogen and oxygen atoms in total. The molecule has 0 radical (unpaired) electrons. The number of amides is 2. The molecule has 4 rings (SSSR count). The van der Waals surface area contributed by atoms with Crippen LogP contribution >= 0.6 is 0 Å². The normalized spacial score (nSPS) is 14.1. The lowest BCUT2D eigenvalue weighted by molar-refractivity contribution is -0.135. The second-order valence-electron chi connectivity index (χ2n) is 7.28. The largest absolute Gasteiger partial charge is 0.507 e. The Morgan fingerprint density at radius 2 is 1.77 bits per heavy atom. The first kappa shape index (κ1) is 19.7. The van der Waals surface area contributed by atoms with E-state index in [4.69, 9.17) is 0 Å². The van der Waals surface area contributed by atoms with Crippen molar-refractivity contribution < 1.29 is 19.8 Å². The quantitative estimate of drug-likeness (QED) is 0.604. The molecule has 0 saturated heterocycles. The summed E-state index contributed by atoms with van der Waals surface area (Å²) < 4.78 is 1.80. The van der Waals surface area contributed by atoms with Crippen molar-refractivity contribution in [3.05, 3.63) is 83.7 Å². The summed E-state index contributed by atoms with van der Waals surface area (Å²) >= 11 is 0. The van der Waals surface area contributed by atoms with Gasteiger partial charge >= 0.3 is 0 Å². The molecule has 1 aliphatic rings. The Morgan fingerprint density at radius 1 is 1.03 bits per heavy atom. The van der Waals surface area contributed by atoms with Gasteiger partial charge in [0.05, 0.1) is 12.2 Å². The van der Waals surface area contributed by atoms with Gasteiger partial charge in [-0.2, -0.15) is 0 Å². The highest BCUT2D eigenvalue weighted by Crippen LogP contribution is 2.22. The number of aliphatic hydroxyl groups excluding tert-OH is 1. The van der Waals surface area contributed by atoms with Crippen LogP contribution < -0.4 is 5.32 Å². The number of rotatable bonds is 5. The second-order valence-corrected chi connectivity index (χ2v) is 7.28. The van der Waals surface area contributed by atoms with Gasteiger partial charge in [0.2, 0.25) is 5.91 Å². The fourth-order valence-corrected chi connectivity index (χ4v) is 3.70. The predicted molar refractivity (Wildman–Crippen MR) is 111 cm³/mol. The number of aliphatic hydroxyl groups is 1. The minimum absolute atomic E-state index is 0.0384. The smallest absolute Gasteiger partial charge is 0.255 e. The van der Waals surface area contributed by atoms with Gasteiger partial charge in [-0.15, -0.1) is 0 Å². The average molecular weight is 405 g/mol. The highest BCUT2D eigenvalue weighted by molar-refractivity contribution is 6.00. The molecule has 0 saturated carbocycles. The molecule has 30 heavy (non-hydrogen) atoms. The van der Waals surface area contributed by atoms with Crippen molar-refractivity contribution in [2.45, 2.75) is 19.0 Å². The topological polar surface area (TPSA) is 94.8 Å². The van der Waals surface area contributed by atoms with E-state index in [0.717, 1.165) is 12.0 Å². The van der Waals surface area contributed by atoms with Crippen LogP contribution in [0.5, 0.6) is 5.75 Å². The van der Waals surface area contributed by atoms with Crippen molar-refractivity contribution in [1.29, 1.82) is 0 Å². The van der Waals surface area contributed by atoms with Crippen LogP contribution in [0.25, 0.3) is 5.69 Å². The molecule has 2 amide bonds. The molecule has 2 heterocycles. The van der Waals surface area contributed by atoms with E-state index in [0.29, 0.717) is 18.8 Å². The molecule has 0 unspecified atom stereocenters. The zero-order valence-electron chi connectivity index (χ0n) is 16.4. The summed E-state index contributed by atoms with van der Waals surface area (Å²) in [5, 5.41) is 22.5. The van der Waals surface area contributed by atoms with Crippen LogP contribution in [0.1, 0.15) is 21.5 Å². The summed E-state index contributed by atoms with van der Waals surface area (Å²) in [5.41, 5.74) is 3.01. The van der Waals surface area contributed by atoms with Gasteiger partial charge in [0.25, 0.3) is 5.91 Å². The fourth-order valence-electron chi connectivity index (χ4n) is 3.70. The van der Waals surface area contributed by atoms with Crippen molar-refractivity contribution in [3.8, 4) is 11.4 Å². The molecule has 1 atom stereocenters. The number of phenolic OH excluding ortho intramolecular Hbond substituents is 1. The van der Waals surface area contributed by atoms with Crippen LogP contribution in [0.3, 0.4) is 0 Å². The minimum atomic E-state index is -1.09. The summed E-state index contributed by atoms with van der Waals surface area (Å²) in [7, 11) is 0. The summed E-state index contributed by atoms with van der Waals surface area (Å²) in [6.45, 7) is 0.438. The molecule has 3 aromatic rings. The third-order valence-corrected chi connectivity index (χ3v) is 5.36. The molecule has 3 N–H and O–H groups in total. The third-order valence-electron chi connectivity index (χ3n) is 5.36. The van der Waals surface area contributed by atoms with Crippen LogP contribution in [0.4, 0.5) is 0 Å². The number of nitrogens with zero attached hydrogens (tertiary/aromatic N) is 2. The third kappa shape index (κ3) is 3.92. The zero-order chi connectivity index (χ0) is 21.1. The van der Waals surface area contributed by atoms with E-state index >= 15 is 0 Å². The first-order valence-electron chi connectivity index (χ1n) is 9.80. The van der Waals surface area contributed by atoms with E-state index in [1.54, 1.807) is 21.6 Å². The first-order chi connectivity index (χ1) is 14.6. The van der Waals surface area contributed by atoms with Gasteiger partial charge in [-0.25, -0.2) is 0 Å². The molecular weight excluding hydrogens is 382 g/mol. The lowest BCUT2D eigenvalue weighted by Crippen LogP contribution is -2.51. The van der Waals surface area contributed by atoms with Crippen LogP contribution in [-0.4, -0.2) is 50.7 Å². The van der Waals surface area contributed by atoms with Gasteiger partial charge in [-0.1, -0.05) is 24.3 Å². The van der Waals surface area contributed by atoms with Gasteiger partial charge in [0.1, 0.15) is 11.8 Å². The van der Waals surface area contributed by atoms with Gasteiger partial charge in [-0.05, 0) is 47.9 Å². The number of fused-ring (bicyclic) bond motifs is 1. The lowest BCUT2D eigenvalue weighted by atomic mass is 9.99. The van der Waals surface area contributed by atoms with Crippen LogP contribution in [-0.2, 0) is 17.8 Å². The van der Waals surface area contributed by atoms with E-state index < -0.39 is 18.6 Å². The number of hydrogen-bond acceptors (Lipinski definition) is 4. The maximum atomic E-state index is 12.9. The number of phenols is 1. The number of carbonyl (C=O) groups is 2. The Morgan fingerprint density at radius 3 is 2.50 bits per heavy atom. The van der Waals surface area contributed by atoms with Crippen LogP contribution in [0.2, 0.25) is 0 Å². The maximum absolute atomic E-state index is 12.9. The molecule has 2 aromatic carbocycles. The average Bonchev–Trinajstić information content (AvgIpc) is 3.31. The Kier molecular flexibility index (Phi) is 5.54. The Balaban J connectivity index is 1.49. The molecule has 1 aromatic heterocycles. The summed E-state index contributed by atoms with van der Waals surface area (Å²) in [6, 6.07) is 15.2. The van der Waals surface area contributed by atoms with E-state index in [2.05, 4.69) is 5.32 Å². The molecule has 0 aliphatic carbocycles. The number of nitrogens with one attached hydrogen (secondary N) is 1. The molecule has 154 valence electrons. The van der Waals surface area contributed by atoms with Gasteiger partial charge in [-0.3, -0.25) is 9.59 Å². The highest BCUT2D eigenvalue weighted by atomic mass is 16.3. The Labute approximate surface area is 174 Å². The summed E-state index contributed by atoms with van der Waals surface area (Å²) in [5.74, 6) is -1.16.